The molecule has 0 aromatic heterocycles. The number of carbonyl (C=O) groups is 1. The van der Waals surface area contributed by atoms with E-state index in [9.17, 15) is 13.6 Å². The van der Waals surface area contributed by atoms with Crippen LogP contribution in [0.3, 0.4) is 0 Å². The van der Waals surface area contributed by atoms with E-state index in [0.717, 1.165) is 0 Å². The first-order valence-corrected chi connectivity index (χ1v) is 4.97. The van der Waals surface area contributed by atoms with Gasteiger partial charge in [-0.15, -0.1) is 9.24 Å². The molecule has 0 N–H and O–H groups in total. The summed E-state index contributed by atoms with van der Waals surface area (Å²) in [5, 5.41) is 0. The van der Waals surface area contributed by atoms with Gasteiger partial charge in [0.25, 0.3) is 0 Å². The molecule has 0 amide bonds. The maximum atomic E-state index is 12.6. The Kier molecular flexibility index (Phi) is 3.16. The van der Waals surface area contributed by atoms with Crippen LogP contribution in [0.5, 0.6) is 0 Å². The van der Waals surface area contributed by atoms with Crippen molar-refractivity contribution in [2.45, 2.75) is 31.6 Å². The Morgan fingerprint density at radius 3 is 2.33 bits per heavy atom. The SMILES string of the molecule is O=C(CP)C1CCC(F)(F)CC1. The fourth-order valence-corrected chi connectivity index (χ4v) is 1.86. The van der Waals surface area contributed by atoms with Gasteiger partial charge in [-0.05, 0) is 12.8 Å². The number of carbonyl (C=O) groups excluding carboxylic acids is 1. The second-order valence-corrected chi connectivity index (χ2v) is 3.71. The van der Waals surface area contributed by atoms with Gasteiger partial charge in [0.2, 0.25) is 5.92 Å². The van der Waals surface area contributed by atoms with Crippen molar-refractivity contribution < 1.29 is 13.6 Å². The first-order chi connectivity index (χ1) is 5.55. The van der Waals surface area contributed by atoms with Gasteiger partial charge in [-0.25, -0.2) is 8.78 Å². The Morgan fingerprint density at radius 2 is 1.92 bits per heavy atom. The van der Waals surface area contributed by atoms with Crippen molar-refractivity contribution in [1.29, 1.82) is 0 Å². The molecule has 0 saturated heterocycles. The van der Waals surface area contributed by atoms with E-state index in [2.05, 4.69) is 9.24 Å². The lowest BCUT2D eigenvalue weighted by Gasteiger charge is -2.26. The van der Waals surface area contributed by atoms with E-state index in [1.165, 1.54) is 0 Å². The highest BCUT2D eigenvalue weighted by Crippen LogP contribution is 2.36. The zero-order chi connectivity index (χ0) is 9.19. The largest absolute Gasteiger partial charge is 0.299 e. The molecule has 0 bridgehead atoms. The van der Waals surface area contributed by atoms with Crippen molar-refractivity contribution in [3.8, 4) is 0 Å². The van der Waals surface area contributed by atoms with Gasteiger partial charge in [0, 0.05) is 24.9 Å². The molecule has 0 aromatic rings. The fraction of sp³-hybridized carbons (Fsp3) is 0.875. The number of ketones is 1. The number of hydrogen-bond acceptors (Lipinski definition) is 1. The van der Waals surface area contributed by atoms with Crippen molar-refractivity contribution in [2.75, 3.05) is 6.16 Å². The summed E-state index contributed by atoms with van der Waals surface area (Å²) in [6.45, 7) is 0. The molecular formula is C8H13F2OP. The Labute approximate surface area is 73.1 Å². The van der Waals surface area contributed by atoms with E-state index < -0.39 is 5.92 Å². The van der Waals surface area contributed by atoms with Crippen LogP contribution in [0, 0.1) is 5.92 Å². The van der Waals surface area contributed by atoms with Crippen LogP contribution in [0.4, 0.5) is 8.78 Å². The molecule has 0 aromatic carbocycles. The molecule has 12 heavy (non-hydrogen) atoms. The summed E-state index contributed by atoms with van der Waals surface area (Å²) in [6, 6.07) is 0. The highest BCUT2D eigenvalue weighted by atomic mass is 31.0. The van der Waals surface area contributed by atoms with Gasteiger partial charge in [0.1, 0.15) is 5.78 Å². The van der Waals surface area contributed by atoms with Crippen LogP contribution in [0.25, 0.3) is 0 Å². The Morgan fingerprint density at radius 1 is 1.42 bits per heavy atom. The standard InChI is InChI=1S/C8H13F2OP/c9-8(10)3-1-6(2-4-8)7(11)5-12/h6H,1-5,12H2. The van der Waals surface area contributed by atoms with Gasteiger partial charge in [-0.1, -0.05) is 0 Å². The van der Waals surface area contributed by atoms with Crippen molar-refractivity contribution in [1.82, 2.24) is 0 Å². The van der Waals surface area contributed by atoms with Crippen LogP contribution < -0.4 is 0 Å². The smallest absolute Gasteiger partial charge is 0.248 e. The van der Waals surface area contributed by atoms with Crippen LogP contribution >= 0.6 is 9.24 Å². The average molecular weight is 194 g/mol. The lowest BCUT2D eigenvalue weighted by atomic mass is 9.84. The minimum atomic E-state index is -2.52. The molecule has 1 fully saturated rings. The zero-order valence-corrected chi connectivity index (χ0v) is 8.01. The Balaban J connectivity index is 2.41. The van der Waals surface area contributed by atoms with Gasteiger partial charge in [-0.2, -0.15) is 0 Å². The lowest BCUT2D eigenvalue weighted by molar-refractivity contribution is -0.124. The molecule has 0 spiro atoms. The molecule has 1 rings (SSSR count). The summed E-state index contributed by atoms with van der Waals surface area (Å²) in [5.41, 5.74) is 0. The molecule has 4 heteroatoms. The summed E-state index contributed by atoms with van der Waals surface area (Å²) in [4.78, 5) is 11.1. The van der Waals surface area contributed by atoms with Crippen LogP contribution in [-0.2, 0) is 4.79 Å². The lowest BCUT2D eigenvalue weighted by Crippen LogP contribution is -2.29. The normalized spacial score (nSPS) is 23.9. The molecule has 1 atom stereocenters. The molecule has 1 unspecified atom stereocenters. The third-order valence-corrected chi connectivity index (χ3v) is 2.78. The average Bonchev–Trinajstić information content (AvgIpc) is 2.03. The molecule has 0 aliphatic heterocycles. The van der Waals surface area contributed by atoms with E-state index in [1.807, 2.05) is 0 Å². The second-order valence-electron chi connectivity index (χ2n) is 3.30. The number of Topliss-reactive ketones (excluding diaryl/α,β-unsaturated/α-hetero) is 1. The first-order valence-electron chi connectivity index (χ1n) is 4.16. The number of alkyl halides is 2. The molecule has 0 heterocycles. The number of hydrogen-bond donors (Lipinski definition) is 0. The summed E-state index contributed by atoms with van der Waals surface area (Å²) in [7, 11) is 2.34. The second kappa shape index (κ2) is 3.78. The van der Waals surface area contributed by atoms with E-state index in [0.29, 0.717) is 19.0 Å². The van der Waals surface area contributed by atoms with Crippen molar-refractivity contribution in [3.63, 3.8) is 0 Å². The topological polar surface area (TPSA) is 17.1 Å². The predicted octanol–water partition coefficient (Wildman–Crippen LogP) is 2.26. The molecular weight excluding hydrogens is 181 g/mol. The van der Waals surface area contributed by atoms with Gasteiger partial charge in [0.05, 0.1) is 0 Å². The highest BCUT2D eigenvalue weighted by molar-refractivity contribution is 7.18. The minimum Gasteiger partial charge on any atom is -0.299 e. The van der Waals surface area contributed by atoms with E-state index in [1.54, 1.807) is 0 Å². The molecule has 70 valence electrons. The number of halogens is 2. The molecule has 1 aliphatic carbocycles. The summed E-state index contributed by atoms with van der Waals surface area (Å²) < 4.78 is 25.3. The van der Waals surface area contributed by atoms with Gasteiger partial charge in [-0.3, -0.25) is 4.79 Å². The minimum absolute atomic E-state index is 0.107. The van der Waals surface area contributed by atoms with Crippen LogP contribution in [-0.4, -0.2) is 17.9 Å². The van der Waals surface area contributed by atoms with E-state index in [-0.39, 0.29) is 24.5 Å². The summed E-state index contributed by atoms with van der Waals surface area (Å²) in [6.07, 6.45) is 0.888. The van der Waals surface area contributed by atoms with Crippen LogP contribution in [0.2, 0.25) is 0 Å². The zero-order valence-electron chi connectivity index (χ0n) is 6.85. The fourth-order valence-electron chi connectivity index (χ4n) is 1.53. The first kappa shape index (κ1) is 10.0. The van der Waals surface area contributed by atoms with E-state index >= 15 is 0 Å². The maximum Gasteiger partial charge on any atom is 0.248 e. The number of rotatable bonds is 2. The Hall–Kier alpha value is -0.0400. The third-order valence-electron chi connectivity index (χ3n) is 2.37. The quantitative estimate of drug-likeness (QED) is 0.616. The molecule has 1 nitrogen and oxygen atoms in total. The highest BCUT2D eigenvalue weighted by Gasteiger charge is 2.36. The monoisotopic (exact) mass is 194 g/mol. The maximum absolute atomic E-state index is 12.6. The molecule has 1 saturated carbocycles. The van der Waals surface area contributed by atoms with Crippen molar-refractivity contribution in [2.24, 2.45) is 5.92 Å². The van der Waals surface area contributed by atoms with Gasteiger partial charge >= 0.3 is 0 Å². The van der Waals surface area contributed by atoms with Gasteiger partial charge in [0.15, 0.2) is 0 Å². The van der Waals surface area contributed by atoms with Gasteiger partial charge < -0.3 is 0 Å². The van der Waals surface area contributed by atoms with Crippen molar-refractivity contribution in [3.05, 3.63) is 0 Å². The molecule has 0 radical (unpaired) electrons. The molecule has 1 aliphatic rings. The predicted molar refractivity (Wildman–Crippen MR) is 46.5 cm³/mol. The summed E-state index contributed by atoms with van der Waals surface area (Å²) in [5.74, 6) is -2.52. The van der Waals surface area contributed by atoms with Crippen LogP contribution in [0.1, 0.15) is 25.7 Å². The third kappa shape index (κ3) is 2.48. The van der Waals surface area contributed by atoms with Crippen molar-refractivity contribution >= 4 is 15.0 Å². The Bertz CT molecular complexity index is 172. The van der Waals surface area contributed by atoms with E-state index in [4.69, 9.17) is 0 Å². The summed E-state index contributed by atoms with van der Waals surface area (Å²) >= 11 is 0. The van der Waals surface area contributed by atoms with Crippen LogP contribution in [0.15, 0.2) is 0 Å².